The number of Topliss-reactive ketones (excluding diaryl/α,β-unsaturated/α-hetero) is 2. The molecule has 4 unspecified atom stereocenters. The summed E-state index contributed by atoms with van der Waals surface area (Å²) >= 11 is 8.20. The second kappa shape index (κ2) is 29.8. The van der Waals surface area contributed by atoms with Crippen molar-refractivity contribution in [2.24, 2.45) is 0 Å². The third kappa shape index (κ3) is 23.0. The van der Waals surface area contributed by atoms with Gasteiger partial charge in [0.15, 0.2) is 0 Å². The first-order valence-electron chi connectivity index (χ1n) is 21.4. The molecule has 0 bridgehead atoms. The number of ketones is 2. The largest absolute Gasteiger partial charge is 0.393 e. The molecule has 306 valence electrons. The summed E-state index contributed by atoms with van der Waals surface area (Å²) in [6.45, 7) is 4.40. The number of aliphatic hydroxyl groups excluding tert-OH is 4. The molecule has 2 saturated heterocycles. The summed E-state index contributed by atoms with van der Waals surface area (Å²) in [7, 11) is 0. The van der Waals surface area contributed by atoms with Gasteiger partial charge in [-0.2, -0.15) is 0 Å². The van der Waals surface area contributed by atoms with Crippen LogP contribution in [0.4, 0.5) is 0 Å². The van der Waals surface area contributed by atoms with Crippen LogP contribution in [0.2, 0.25) is 0 Å². The van der Waals surface area contributed by atoms with Crippen molar-refractivity contribution < 1.29 is 30.0 Å². The molecule has 0 spiro atoms. The Bertz CT molecular complexity index is 911. The fourth-order valence-electron chi connectivity index (χ4n) is 7.64. The van der Waals surface area contributed by atoms with Crippen LogP contribution in [-0.4, -0.2) is 87.6 Å². The van der Waals surface area contributed by atoms with Crippen LogP contribution in [0.25, 0.3) is 0 Å². The number of carbonyl (C=O) groups excluding carboxylic acids is 2. The van der Waals surface area contributed by atoms with Gasteiger partial charge in [0, 0.05) is 25.7 Å². The summed E-state index contributed by atoms with van der Waals surface area (Å²) in [6.07, 6.45) is 23.6. The van der Waals surface area contributed by atoms with E-state index < -0.39 is 12.2 Å². The number of carbonyl (C=O) groups is 2. The molecule has 2 fully saturated rings. The van der Waals surface area contributed by atoms with E-state index in [0.29, 0.717) is 32.1 Å². The van der Waals surface area contributed by atoms with Crippen LogP contribution in [0.1, 0.15) is 194 Å². The lowest BCUT2D eigenvalue weighted by molar-refractivity contribution is -0.122. The molecule has 0 aromatic rings. The number of rotatable bonds is 33. The van der Waals surface area contributed by atoms with Crippen LogP contribution in [0.5, 0.6) is 0 Å². The highest BCUT2D eigenvalue weighted by molar-refractivity contribution is 8.19. The predicted molar refractivity (Wildman–Crippen MR) is 230 cm³/mol. The maximum absolute atomic E-state index is 12.5. The Morgan fingerprint density at radius 1 is 0.481 bits per heavy atom. The fourth-order valence-corrected chi connectivity index (χ4v) is 14.7. The molecule has 0 aliphatic carbocycles. The van der Waals surface area contributed by atoms with Gasteiger partial charge in [-0.05, 0) is 93.6 Å². The van der Waals surface area contributed by atoms with E-state index in [-0.39, 0.29) is 44.8 Å². The molecule has 0 saturated carbocycles. The standard InChI is InChI=1S/C42H78O6S4/c1-3-5-10-21-39(47)33-41(49-27-17-28-50-41)25-14-8-7-12-19-35(43)31-37(45)23-16-24-38(46)32-36(44)20-13-9-15-26-42(51-29-18-30-52-42)34-40(48)22-11-6-4-2/h35-36,39-40,43-44,47-48H,3-34H2,1-2H3. The van der Waals surface area contributed by atoms with E-state index in [1.54, 1.807) is 0 Å². The van der Waals surface area contributed by atoms with E-state index in [2.05, 4.69) is 37.4 Å². The van der Waals surface area contributed by atoms with Gasteiger partial charge in [0.2, 0.25) is 0 Å². The highest BCUT2D eigenvalue weighted by atomic mass is 32.2. The van der Waals surface area contributed by atoms with Gasteiger partial charge >= 0.3 is 0 Å². The molecule has 2 aliphatic heterocycles. The first-order chi connectivity index (χ1) is 25.1. The van der Waals surface area contributed by atoms with Crippen molar-refractivity contribution in [3.05, 3.63) is 0 Å². The molecule has 2 aliphatic rings. The molecule has 2 heterocycles. The summed E-state index contributed by atoms with van der Waals surface area (Å²) in [5, 5.41) is 42.3. The second-order valence-electron chi connectivity index (χ2n) is 15.8. The van der Waals surface area contributed by atoms with Gasteiger partial charge in [0.25, 0.3) is 0 Å². The second-order valence-corrected chi connectivity index (χ2v) is 22.3. The summed E-state index contributed by atoms with van der Waals surface area (Å²) in [4.78, 5) is 25.0. The minimum Gasteiger partial charge on any atom is -0.393 e. The summed E-state index contributed by atoms with van der Waals surface area (Å²) in [5.74, 6) is 4.77. The molecule has 0 radical (unpaired) electrons. The van der Waals surface area contributed by atoms with Gasteiger partial charge in [-0.15, -0.1) is 47.0 Å². The van der Waals surface area contributed by atoms with Gasteiger partial charge < -0.3 is 20.4 Å². The molecule has 4 N–H and O–H groups in total. The Labute approximate surface area is 336 Å². The molecule has 6 nitrogen and oxygen atoms in total. The fraction of sp³-hybridized carbons (Fsp3) is 0.952. The van der Waals surface area contributed by atoms with E-state index in [9.17, 15) is 30.0 Å². The van der Waals surface area contributed by atoms with E-state index >= 15 is 0 Å². The van der Waals surface area contributed by atoms with E-state index in [0.717, 1.165) is 96.3 Å². The van der Waals surface area contributed by atoms with Crippen LogP contribution in [-0.2, 0) is 9.59 Å². The van der Waals surface area contributed by atoms with Crippen molar-refractivity contribution in [1.82, 2.24) is 0 Å². The molecule has 2 rings (SSSR count). The van der Waals surface area contributed by atoms with E-state index in [1.807, 2.05) is 23.5 Å². The summed E-state index contributed by atoms with van der Waals surface area (Å²) in [6, 6.07) is 0. The number of hydrogen-bond donors (Lipinski definition) is 4. The zero-order valence-electron chi connectivity index (χ0n) is 33.2. The van der Waals surface area contributed by atoms with Gasteiger partial charge in [-0.3, -0.25) is 9.59 Å². The molecular weight excluding hydrogens is 729 g/mol. The molecule has 52 heavy (non-hydrogen) atoms. The zero-order valence-corrected chi connectivity index (χ0v) is 36.4. The maximum Gasteiger partial charge on any atom is 0.135 e. The monoisotopic (exact) mass is 806 g/mol. The smallest absolute Gasteiger partial charge is 0.135 e. The average Bonchev–Trinajstić information content (AvgIpc) is 3.10. The first-order valence-corrected chi connectivity index (χ1v) is 25.4. The molecule has 10 heteroatoms. The molecular formula is C42H78O6S4. The predicted octanol–water partition coefficient (Wildman–Crippen LogP) is 10.9. The van der Waals surface area contributed by atoms with Crippen molar-refractivity contribution in [1.29, 1.82) is 0 Å². The number of unbranched alkanes of at least 4 members (excludes halogenated alkanes) is 9. The topological polar surface area (TPSA) is 115 Å². The molecule has 0 aromatic carbocycles. The Kier molecular flexibility index (Phi) is 27.9. The highest BCUT2D eigenvalue weighted by Crippen LogP contribution is 2.50. The number of hydrogen-bond acceptors (Lipinski definition) is 10. The third-order valence-corrected chi connectivity index (χ3v) is 17.7. The quantitative estimate of drug-likeness (QED) is 0.0478. The number of aliphatic hydroxyl groups is 4. The van der Waals surface area contributed by atoms with Gasteiger partial charge in [0.1, 0.15) is 11.6 Å². The minimum atomic E-state index is -0.620. The van der Waals surface area contributed by atoms with Crippen molar-refractivity contribution in [2.75, 3.05) is 23.0 Å². The van der Waals surface area contributed by atoms with E-state index in [4.69, 9.17) is 0 Å². The van der Waals surface area contributed by atoms with Crippen LogP contribution in [0.3, 0.4) is 0 Å². The van der Waals surface area contributed by atoms with Crippen molar-refractivity contribution in [3.8, 4) is 0 Å². The van der Waals surface area contributed by atoms with Gasteiger partial charge in [-0.25, -0.2) is 0 Å². The van der Waals surface area contributed by atoms with Crippen LogP contribution in [0.15, 0.2) is 0 Å². The van der Waals surface area contributed by atoms with E-state index in [1.165, 1.54) is 61.5 Å². The van der Waals surface area contributed by atoms with Crippen LogP contribution < -0.4 is 0 Å². The number of thioether (sulfide) groups is 4. The van der Waals surface area contributed by atoms with Crippen molar-refractivity contribution >= 4 is 58.6 Å². The Hall–Kier alpha value is 0.580. The highest BCUT2D eigenvalue weighted by Gasteiger charge is 2.36. The Morgan fingerprint density at radius 2 is 0.827 bits per heavy atom. The van der Waals surface area contributed by atoms with Crippen LogP contribution in [0, 0.1) is 0 Å². The van der Waals surface area contributed by atoms with Crippen molar-refractivity contribution in [2.45, 2.75) is 226 Å². The van der Waals surface area contributed by atoms with Gasteiger partial charge in [-0.1, -0.05) is 97.3 Å². The molecule has 0 aromatic heterocycles. The van der Waals surface area contributed by atoms with Crippen LogP contribution >= 0.6 is 47.0 Å². The van der Waals surface area contributed by atoms with Gasteiger partial charge in [0.05, 0.1) is 32.6 Å². The van der Waals surface area contributed by atoms with Crippen molar-refractivity contribution in [3.63, 3.8) is 0 Å². The lowest BCUT2D eigenvalue weighted by Crippen LogP contribution is -2.30. The Morgan fingerprint density at radius 3 is 1.23 bits per heavy atom. The average molecular weight is 807 g/mol. The normalized spacial score (nSPS) is 19.6. The zero-order chi connectivity index (χ0) is 37.9. The third-order valence-electron chi connectivity index (χ3n) is 10.7. The lowest BCUT2D eigenvalue weighted by atomic mass is 9.98. The molecule has 0 amide bonds. The SMILES string of the molecule is CCCCCC(O)CC1(CCCCCCC(O)CC(=O)CCCC(=O)CC(O)CCCCCC2(CC(O)CCCCC)SCCCS2)SCCCS1. The summed E-state index contributed by atoms with van der Waals surface area (Å²) < 4.78 is 0.285. The molecule has 4 atom stereocenters. The Balaban J connectivity index is 1.51. The summed E-state index contributed by atoms with van der Waals surface area (Å²) in [5.41, 5.74) is 0. The lowest BCUT2D eigenvalue weighted by Gasteiger charge is -2.38. The maximum atomic E-state index is 12.5. The first kappa shape index (κ1) is 48.7. The minimum absolute atomic E-state index is 0.0182.